The summed E-state index contributed by atoms with van der Waals surface area (Å²) in [6.45, 7) is 1.98. The van der Waals surface area contributed by atoms with Crippen molar-refractivity contribution < 1.29 is 14.3 Å². The summed E-state index contributed by atoms with van der Waals surface area (Å²) >= 11 is 0. The molecule has 4 heteroatoms. The number of hydrogen-bond donors (Lipinski definition) is 0. The van der Waals surface area contributed by atoms with Crippen molar-refractivity contribution >= 4 is 16.7 Å². The first-order valence-electron chi connectivity index (χ1n) is 8.87. The standard InChI is InChI=1S/C23H21NO3/c1-3-27-23(25)21(15-24)22(17-11-13-18(26-2)14-12-17)20-10-6-8-16-7-4-5-9-19(16)20/h4-14,21-22H,3H2,1-2H3. The number of carbonyl (C=O) groups is 1. The molecule has 27 heavy (non-hydrogen) atoms. The topological polar surface area (TPSA) is 59.3 Å². The number of fused-ring (bicyclic) bond motifs is 1. The number of nitrogens with zero attached hydrogens (tertiary/aromatic N) is 1. The van der Waals surface area contributed by atoms with Gasteiger partial charge in [-0.15, -0.1) is 0 Å². The lowest BCUT2D eigenvalue weighted by atomic mass is 9.79. The zero-order chi connectivity index (χ0) is 19.2. The molecule has 0 saturated heterocycles. The minimum Gasteiger partial charge on any atom is -0.497 e. The highest BCUT2D eigenvalue weighted by Gasteiger charge is 2.33. The van der Waals surface area contributed by atoms with E-state index in [9.17, 15) is 10.1 Å². The molecule has 0 radical (unpaired) electrons. The summed E-state index contributed by atoms with van der Waals surface area (Å²) in [7, 11) is 1.61. The summed E-state index contributed by atoms with van der Waals surface area (Å²) in [6.07, 6.45) is 0. The first-order chi connectivity index (χ1) is 13.2. The van der Waals surface area contributed by atoms with Crippen LogP contribution >= 0.6 is 0 Å². The molecule has 0 spiro atoms. The fraction of sp³-hybridized carbons (Fsp3) is 0.217. The van der Waals surface area contributed by atoms with E-state index < -0.39 is 17.8 Å². The average molecular weight is 359 g/mol. The van der Waals surface area contributed by atoms with Gasteiger partial charge in [-0.1, -0.05) is 54.6 Å². The molecule has 0 fully saturated rings. The zero-order valence-electron chi connectivity index (χ0n) is 15.4. The Kier molecular flexibility index (Phi) is 5.73. The van der Waals surface area contributed by atoms with Crippen molar-refractivity contribution in [2.75, 3.05) is 13.7 Å². The fourth-order valence-electron chi connectivity index (χ4n) is 3.38. The van der Waals surface area contributed by atoms with Crippen LogP contribution in [0.4, 0.5) is 0 Å². The highest BCUT2D eigenvalue weighted by atomic mass is 16.5. The summed E-state index contributed by atoms with van der Waals surface area (Å²) in [6, 6.07) is 23.6. The number of methoxy groups -OCH3 is 1. The maximum absolute atomic E-state index is 12.6. The Hall–Kier alpha value is -3.32. The van der Waals surface area contributed by atoms with Gasteiger partial charge in [0, 0.05) is 5.92 Å². The molecule has 136 valence electrons. The first kappa shape index (κ1) is 18.5. The normalized spacial score (nSPS) is 12.8. The Balaban J connectivity index is 2.19. The van der Waals surface area contributed by atoms with Crippen LogP contribution in [0.3, 0.4) is 0 Å². The van der Waals surface area contributed by atoms with Crippen molar-refractivity contribution in [1.29, 1.82) is 5.26 Å². The largest absolute Gasteiger partial charge is 0.497 e. The smallest absolute Gasteiger partial charge is 0.324 e. The average Bonchev–Trinajstić information content (AvgIpc) is 2.72. The van der Waals surface area contributed by atoms with Gasteiger partial charge in [-0.25, -0.2) is 0 Å². The van der Waals surface area contributed by atoms with E-state index in [4.69, 9.17) is 9.47 Å². The van der Waals surface area contributed by atoms with E-state index in [1.807, 2.05) is 66.7 Å². The third-order valence-electron chi connectivity index (χ3n) is 4.65. The molecule has 3 aromatic rings. The van der Waals surface area contributed by atoms with Crippen molar-refractivity contribution in [3.8, 4) is 11.8 Å². The van der Waals surface area contributed by atoms with Gasteiger partial charge in [0.05, 0.1) is 19.8 Å². The summed E-state index contributed by atoms with van der Waals surface area (Å²) in [5.41, 5.74) is 1.80. The highest BCUT2D eigenvalue weighted by molar-refractivity contribution is 5.88. The summed E-state index contributed by atoms with van der Waals surface area (Å²) in [4.78, 5) is 12.6. The van der Waals surface area contributed by atoms with E-state index in [0.717, 1.165) is 27.6 Å². The number of esters is 1. The Morgan fingerprint density at radius 3 is 2.41 bits per heavy atom. The molecule has 0 aromatic heterocycles. The van der Waals surface area contributed by atoms with Crippen LogP contribution in [0.5, 0.6) is 5.75 Å². The van der Waals surface area contributed by atoms with E-state index in [1.165, 1.54) is 0 Å². The Labute approximate surface area is 159 Å². The zero-order valence-corrected chi connectivity index (χ0v) is 15.4. The van der Waals surface area contributed by atoms with Gasteiger partial charge in [0.1, 0.15) is 5.75 Å². The number of hydrogen-bond acceptors (Lipinski definition) is 4. The number of ether oxygens (including phenoxy) is 2. The molecule has 2 atom stereocenters. The second-order valence-corrected chi connectivity index (χ2v) is 6.18. The molecular weight excluding hydrogens is 338 g/mol. The van der Waals surface area contributed by atoms with Gasteiger partial charge < -0.3 is 9.47 Å². The van der Waals surface area contributed by atoms with Crippen LogP contribution in [-0.4, -0.2) is 19.7 Å². The third-order valence-corrected chi connectivity index (χ3v) is 4.65. The molecule has 0 saturated carbocycles. The second kappa shape index (κ2) is 8.37. The summed E-state index contributed by atoms with van der Waals surface area (Å²) in [5, 5.41) is 11.9. The van der Waals surface area contributed by atoms with Crippen LogP contribution in [0.2, 0.25) is 0 Å². The molecule has 0 heterocycles. The maximum Gasteiger partial charge on any atom is 0.324 e. The summed E-state index contributed by atoms with van der Waals surface area (Å²) in [5.74, 6) is -1.16. The predicted molar refractivity (Wildman–Crippen MR) is 105 cm³/mol. The lowest BCUT2D eigenvalue weighted by molar-refractivity contribution is -0.146. The Bertz CT molecular complexity index is 968. The van der Waals surface area contributed by atoms with Gasteiger partial charge in [0.15, 0.2) is 5.92 Å². The van der Waals surface area contributed by atoms with E-state index in [2.05, 4.69) is 6.07 Å². The number of nitriles is 1. The molecule has 0 aliphatic heterocycles. The molecule has 0 aliphatic carbocycles. The van der Waals surface area contributed by atoms with Crippen molar-refractivity contribution in [2.24, 2.45) is 5.92 Å². The van der Waals surface area contributed by atoms with E-state index in [-0.39, 0.29) is 6.61 Å². The lowest BCUT2D eigenvalue weighted by Crippen LogP contribution is -2.24. The monoisotopic (exact) mass is 359 g/mol. The van der Waals surface area contributed by atoms with Gasteiger partial charge in [-0.2, -0.15) is 5.26 Å². The first-order valence-corrected chi connectivity index (χ1v) is 8.87. The SMILES string of the molecule is CCOC(=O)C(C#N)C(c1ccc(OC)cc1)c1cccc2ccccc12. The molecule has 0 amide bonds. The quantitative estimate of drug-likeness (QED) is 0.600. The molecule has 0 N–H and O–H groups in total. The Morgan fingerprint density at radius 1 is 1.04 bits per heavy atom. The van der Waals surface area contributed by atoms with Crippen LogP contribution in [0.25, 0.3) is 10.8 Å². The predicted octanol–water partition coefficient (Wildman–Crippen LogP) is 4.68. The van der Waals surface area contributed by atoms with E-state index in [0.29, 0.717) is 0 Å². The van der Waals surface area contributed by atoms with Crippen molar-refractivity contribution in [3.63, 3.8) is 0 Å². The van der Waals surface area contributed by atoms with Crippen LogP contribution < -0.4 is 4.74 Å². The Morgan fingerprint density at radius 2 is 1.74 bits per heavy atom. The molecule has 0 bridgehead atoms. The maximum atomic E-state index is 12.6. The number of benzene rings is 3. The van der Waals surface area contributed by atoms with Crippen molar-refractivity contribution in [3.05, 3.63) is 77.9 Å². The van der Waals surface area contributed by atoms with Crippen molar-refractivity contribution in [2.45, 2.75) is 12.8 Å². The molecule has 2 unspecified atom stereocenters. The van der Waals surface area contributed by atoms with Crippen LogP contribution in [0.1, 0.15) is 24.0 Å². The van der Waals surface area contributed by atoms with Gasteiger partial charge in [0.2, 0.25) is 0 Å². The molecule has 3 aromatic carbocycles. The second-order valence-electron chi connectivity index (χ2n) is 6.18. The number of carbonyl (C=O) groups excluding carboxylic acids is 1. The molecule has 4 nitrogen and oxygen atoms in total. The van der Waals surface area contributed by atoms with Crippen LogP contribution in [0.15, 0.2) is 66.7 Å². The minimum absolute atomic E-state index is 0.238. The minimum atomic E-state index is -0.941. The lowest BCUT2D eigenvalue weighted by Gasteiger charge is -2.23. The fourth-order valence-corrected chi connectivity index (χ4v) is 3.38. The van der Waals surface area contributed by atoms with Crippen LogP contribution in [-0.2, 0) is 9.53 Å². The van der Waals surface area contributed by atoms with Crippen molar-refractivity contribution in [1.82, 2.24) is 0 Å². The molecule has 3 rings (SSSR count). The molecule has 0 aliphatic rings. The summed E-state index contributed by atoms with van der Waals surface area (Å²) < 4.78 is 10.4. The third kappa shape index (κ3) is 3.78. The highest BCUT2D eigenvalue weighted by Crippen LogP contribution is 2.37. The van der Waals surface area contributed by atoms with E-state index >= 15 is 0 Å². The molecular formula is C23H21NO3. The van der Waals surface area contributed by atoms with Gasteiger partial charge in [-0.3, -0.25) is 4.79 Å². The van der Waals surface area contributed by atoms with Gasteiger partial charge in [0.25, 0.3) is 0 Å². The van der Waals surface area contributed by atoms with Gasteiger partial charge in [-0.05, 0) is 41.0 Å². The van der Waals surface area contributed by atoms with E-state index in [1.54, 1.807) is 14.0 Å². The van der Waals surface area contributed by atoms with Gasteiger partial charge >= 0.3 is 5.97 Å². The van der Waals surface area contributed by atoms with Crippen LogP contribution in [0, 0.1) is 17.2 Å². The number of rotatable bonds is 6.